The Balaban J connectivity index is 1.61. The number of anilines is 1. The molecule has 4 aromatic rings. The molecule has 13 heteroatoms. The van der Waals surface area contributed by atoms with Gasteiger partial charge in [-0.3, -0.25) is 10.1 Å². The van der Waals surface area contributed by atoms with Crippen molar-refractivity contribution in [2.45, 2.75) is 6.18 Å². The molecule has 0 aliphatic carbocycles. The van der Waals surface area contributed by atoms with Crippen LogP contribution in [0.2, 0.25) is 0 Å². The third-order valence-electron chi connectivity index (χ3n) is 3.70. The number of hydrogen-bond donors (Lipinski definition) is 3. The third kappa shape index (κ3) is 3.65. The summed E-state index contributed by atoms with van der Waals surface area (Å²) >= 11 is 0. The smallest absolute Gasteiger partial charge is 0.406 e. The zero-order valence-electron chi connectivity index (χ0n) is 14.2. The number of carbonyl (C=O) groups is 1. The first kappa shape index (κ1) is 18.2. The number of rotatable bonds is 3. The summed E-state index contributed by atoms with van der Waals surface area (Å²) in [5.41, 5.74) is -0.806. The minimum absolute atomic E-state index is 0.000508. The lowest BCUT2D eigenvalue weighted by Gasteiger charge is -2.11. The number of aromatic amines is 2. The van der Waals surface area contributed by atoms with Gasteiger partial charge in [-0.2, -0.15) is 23.4 Å². The maximum Gasteiger partial charge on any atom is 0.437 e. The Morgan fingerprint density at radius 1 is 1.17 bits per heavy atom. The Bertz CT molecular complexity index is 1210. The Kier molecular flexibility index (Phi) is 4.26. The van der Waals surface area contributed by atoms with Gasteiger partial charge in [-0.25, -0.2) is 19.6 Å². The molecule has 0 atom stereocenters. The Labute approximate surface area is 158 Å². The van der Waals surface area contributed by atoms with E-state index in [1.807, 2.05) is 5.10 Å². The van der Waals surface area contributed by atoms with E-state index in [2.05, 4.69) is 25.5 Å². The molecule has 29 heavy (non-hydrogen) atoms. The number of fused-ring (bicyclic) bond motifs is 1. The third-order valence-corrected chi connectivity index (χ3v) is 3.70. The van der Waals surface area contributed by atoms with Crippen LogP contribution in [0.25, 0.3) is 16.9 Å². The van der Waals surface area contributed by atoms with E-state index in [0.29, 0.717) is 21.9 Å². The van der Waals surface area contributed by atoms with E-state index in [0.717, 1.165) is 12.1 Å². The van der Waals surface area contributed by atoms with Gasteiger partial charge in [0.2, 0.25) is 5.95 Å². The highest BCUT2D eigenvalue weighted by atomic mass is 19.4. The number of H-pyrrole nitrogens is 2. The molecule has 1 amide bonds. The number of alkyl halides is 3. The van der Waals surface area contributed by atoms with E-state index in [-0.39, 0.29) is 11.8 Å². The molecule has 0 unspecified atom stereocenters. The Morgan fingerprint density at radius 3 is 2.66 bits per heavy atom. The second kappa shape index (κ2) is 6.78. The number of aromatic nitrogens is 6. The number of halogens is 3. The highest BCUT2D eigenvalue weighted by Gasteiger charge is 2.41. The zero-order chi connectivity index (χ0) is 20.6. The number of carbonyl (C=O) groups excluding carboxylic acids is 1. The van der Waals surface area contributed by atoms with Crippen molar-refractivity contribution >= 4 is 23.1 Å². The fraction of sp³-hybridized carbons (Fsp3) is 0.0625. The summed E-state index contributed by atoms with van der Waals surface area (Å²) in [4.78, 5) is 30.0. The summed E-state index contributed by atoms with van der Waals surface area (Å²) in [6.07, 6.45) is -5.42. The molecule has 0 spiro atoms. The van der Waals surface area contributed by atoms with Gasteiger partial charge in [0.15, 0.2) is 17.3 Å². The van der Waals surface area contributed by atoms with Gasteiger partial charge in [-0.1, -0.05) is 12.1 Å². The standard InChI is InChI=1S/C16H10F3N7O3/c17-16(18,19)13-10(7-20-26(13)11-5-6-12(27)25-24-11)29-15(28)23-14-21-8-3-1-2-4-9(8)22-14/h1-7H,(H,25,27)(H2,21,22,23,28). The highest BCUT2D eigenvalue weighted by Crippen LogP contribution is 2.37. The molecule has 1 aromatic carbocycles. The molecule has 3 N–H and O–H groups in total. The van der Waals surface area contributed by atoms with Crippen LogP contribution in [0.3, 0.4) is 0 Å². The molecular formula is C16H10F3N7O3. The van der Waals surface area contributed by atoms with Gasteiger partial charge < -0.3 is 9.72 Å². The van der Waals surface area contributed by atoms with Crippen LogP contribution >= 0.6 is 0 Å². The van der Waals surface area contributed by atoms with Crippen LogP contribution < -0.4 is 15.6 Å². The van der Waals surface area contributed by atoms with Gasteiger partial charge in [-0.05, 0) is 18.2 Å². The predicted octanol–water partition coefficient (Wildman–Crippen LogP) is 2.46. The Morgan fingerprint density at radius 2 is 1.97 bits per heavy atom. The van der Waals surface area contributed by atoms with Crippen LogP contribution in [-0.4, -0.2) is 36.0 Å². The van der Waals surface area contributed by atoms with Crippen molar-refractivity contribution in [2.75, 3.05) is 5.32 Å². The lowest BCUT2D eigenvalue weighted by molar-refractivity contribution is -0.143. The molecule has 0 radical (unpaired) electrons. The van der Waals surface area contributed by atoms with E-state index in [1.165, 1.54) is 0 Å². The second-order valence-corrected chi connectivity index (χ2v) is 5.66. The molecule has 0 aliphatic heterocycles. The van der Waals surface area contributed by atoms with Crippen LogP contribution in [0.4, 0.5) is 23.9 Å². The van der Waals surface area contributed by atoms with Crippen molar-refractivity contribution in [3.05, 3.63) is 58.6 Å². The van der Waals surface area contributed by atoms with Crippen molar-refractivity contribution in [2.24, 2.45) is 0 Å². The van der Waals surface area contributed by atoms with Gasteiger partial charge in [0, 0.05) is 6.07 Å². The number of amides is 1. The summed E-state index contributed by atoms with van der Waals surface area (Å²) in [7, 11) is 0. The van der Waals surface area contributed by atoms with Gasteiger partial charge in [0.25, 0.3) is 5.56 Å². The highest BCUT2D eigenvalue weighted by molar-refractivity contribution is 5.87. The first-order valence-corrected chi connectivity index (χ1v) is 7.96. The van der Waals surface area contributed by atoms with E-state index in [4.69, 9.17) is 4.74 Å². The summed E-state index contributed by atoms with van der Waals surface area (Å²) < 4.78 is 45.8. The molecule has 10 nitrogen and oxygen atoms in total. The van der Waals surface area contributed by atoms with E-state index in [9.17, 15) is 22.8 Å². The average Bonchev–Trinajstić information content (AvgIpc) is 3.25. The van der Waals surface area contributed by atoms with E-state index >= 15 is 0 Å². The molecular weight excluding hydrogens is 395 g/mol. The van der Waals surface area contributed by atoms with Crippen molar-refractivity contribution in [1.82, 2.24) is 29.9 Å². The van der Waals surface area contributed by atoms with Crippen LogP contribution in [0.5, 0.6) is 5.75 Å². The SMILES string of the molecule is O=C(Nc1nc2ccccc2[nH]1)Oc1cnn(-c2ccc(=O)[nH]n2)c1C(F)(F)F. The van der Waals surface area contributed by atoms with Crippen molar-refractivity contribution < 1.29 is 22.7 Å². The number of ether oxygens (including phenoxy) is 1. The monoisotopic (exact) mass is 405 g/mol. The molecule has 0 saturated carbocycles. The van der Waals surface area contributed by atoms with Crippen molar-refractivity contribution in [3.8, 4) is 11.6 Å². The number of imidazole rings is 1. The molecule has 148 valence electrons. The van der Waals surface area contributed by atoms with E-state index in [1.54, 1.807) is 24.3 Å². The fourth-order valence-electron chi connectivity index (χ4n) is 2.53. The van der Waals surface area contributed by atoms with Gasteiger partial charge in [-0.15, -0.1) is 0 Å². The van der Waals surface area contributed by atoms with Gasteiger partial charge >= 0.3 is 12.3 Å². The van der Waals surface area contributed by atoms with Crippen LogP contribution in [0.1, 0.15) is 5.69 Å². The number of nitrogens with zero attached hydrogens (tertiary/aromatic N) is 4. The van der Waals surface area contributed by atoms with Crippen molar-refractivity contribution in [1.29, 1.82) is 0 Å². The van der Waals surface area contributed by atoms with Gasteiger partial charge in [0.05, 0.1) is 17.2 Å². The molecule has 3 aromatic heterocycles. The fourth-order valence-corrected chi connectivity index (χ4v) is 2.53. The maximum atomic E-state index is 13.5. The number of nitrogens with one attached hydrogen (secondary N) is 3. The minimum atomic E-state index is -4.93. The normalized spacial score (nSPS) is 11.6. The van der Waals surface area contributed by atoms with Crippen LogP contribution in [0, 0.1) is 0 Å². The summed E-state index contributed by atoms with van der Waals surface area (Å²) in [6.45, 7) is 0. The maximum absolute atomic E-state index is 13.5. The summed E-state index contributed by atoms with van der Waals surface area (Å²) in [6, 6.07) is 8.91. The van der Waals surface area contributed by atoms with E-state index < -0.39 is 29.3 Å². The van der Waals surface area contributed by atoms with Gasteiger partial charge in [0.1, 0.15) is 0 Å². The first-order chi connectivity index (χ1) is 13.8. The molecule has 3 heterocycles. The zero-order valence-corrected chi connectivity index (χ0v) is 14.2. The summed E-state index contributed by atoms with van der Waals surface area (Å²) in [5.74, 6) is -1.16. The average molecular weight is 405 g/mol. The summed E-state index contributed by atoms with van der Waals surface area (Å²) in [5, 5.41) is 11.3. The van der Waals surface area contributed by atoms with Crippen molar-refractivity contribution in [3.63, 3.8) is 0 Å². The quantitative estimate of drug-likeness (QED) is 0.480. The topological polar surface area (TPSA) is 131 Å². The Hall–Kier alpha value is -4.16. The van der Waals surface area contributed by atoms with Crippen LogP contribution in [-0.2, 0) is 6.18 Å². The largest absolute Gasteiger partial charge is 0.437 e. The molecule has 0 aliphatic rings. The molecule has 4 rings (SSSR count). The number of para-hydroxylation sites is 2. The molecule has 0 fully saturated rings. The minimum Gasteiger partial charge on any atom is -0.406 e. The molecule has 0 saturated heterocycles. The first-order valence-electron chi connectivity index (χ1n) is 7.96. The lowest BCUT2D eigenvalue weighted by atomic mass is 10.3. The number of hydrogen-bond acceptors (Lipinski definition) is 6. The molecule has 0 bridgehead atoms. The lowest BCUT2D eigenvalue weighted by Crippen LogP contribution is -2.21. The second-order valence-electron chi connectivity index (χ2n) is 5.66. The predicted molar refractivity (Wildman–Crippen MR) is 92.7 cm³/mol. The van der Waals surface area contributed by atoms with Crippen LogP contribution in [0.15, 0.2) is 47.4 Å². The number of benzene rings is 1.